The number of carbonyl (C=O) groups excluding carboxylic acids is 2. The lowest BCUT2D eigenvalue weighted by molar-refractivity contribution is -0.123. The van der Waals surface area contributed by atoms with E-state index in [9.17, 15) is 9.59 Å². The van der Waals surface area contributed by atoms with Crippen molar-refractivity contribution in [2.75, 3.05) is 13.7 Å². The minimum atomic E-state index is -0.556. The topological polar surface area (TPSA) is 86.2 Å². The molecule has 0 aliphatic heterocycles. The Morgan fingerprint density at radius 3 is 2.30 bits per heavy atom. The normalized spacial score (nSPS) is 10.7. The standard InChI is InChI=1S/C23H17Cl3N2O5/c1-31-21-10-14(2-8-20(21)33-23(30)15-3-5-16(24)6-4-15)12-27-28-22(29)13-32-19-9-7-17(25)11-18(19)26/h2-12H,13H2,1H3,(H,28,29). The lowest BCUT2D eigenvalue weighted by atomic mass is 10.2. The van der Waals surface area contributed by atoms with Crippen molar-refractivity contribution in [3.63, 3.8) is 0 Å². The molecule has 0 radical (unpaired) electrons. The van der Waals surface area contributed by atoms with E-state index in [1.165, 1.54) is 19.4 Å². The van der Waals surface area contributed by atoms with Crippen molar-refractivity contribution in [2.45, 2.75) is 0 Å². The quantitative estimate of drug-likeness (QED) is 0.191. The first-order chi connectivity index (χ1) is 15.9. The van der Waals surface area contributed by atoms with Gasteiger partial charge in [0.15, 0.2) is 18.1 Å². The Balaban J connectivity index is 1.56. The fourth-order valence-corrected chi connectivity index (χ4v) is 3.13. The molecule has 0 fully saturated rings. The fraction of sp³-hybridized carbons (Fsp3) is 0.0870. The molecule has 3 rings (SSSR count). The molecule has 0 saturated carbocycles. The second-order valence-electron chi connectivity index (χ2n) is 6.46. The number of nitrogens with zero attached hydrogens (tertiary/aromatic N) is 1. The fourth-order valence-electron chi connectivity index (χ4n) is 2.54. The molecule has 1 N–H and O–H groups in total. The van der Waals surface area contributed by atoms with E-state index in [0.717, 1.165) is 0 Å². The van der Waals surface area contributed by atoms with Crippen LogP contribution in [0.1, 0.15) is 15.9 Å². The highest BCUT2D eigenvalue weighted by molar-refractivity contribution is 6.35. The van der Waals surface area contributed by atoms with E-state index >= 15 is 0 Å². The number of methoxy groups -OCH3 is 1. The molecule has 1 amide bonds. The van der Waals surface area contributed by atoms with Crippen LogP contribution in [0.15, 0.2) is 65.8 Å². The van der Waals surface area contributed by atoms with E-state index in [0.29, 0.717) is 37.7 Å². The zero-order chi connectivity index (χ0) is 23.8. The summed E-state index contributed by atoms with van der Waals surface area (Å²) >= 11 is 17.6. The first kappa shape index (κ1) is 24.4. The Hall–Kier alpha value is -3.26. The van der Waals surface area contributed by atoms with Gasteiger partial charge in [-0.2, -0.15) is 5.10 Å². The number of benzene rings is 3. The number of halogens is 3. The van der Waals surface area contributed by atoms with Crippen molar-refractivity contribution in [1.82, 2.24) is 5.43 Å². The number of amides is 1. The van der Waals surface area contributed by atoms with Crippen molar-refractivity contribution in [1.29, 1.82) is 0 Å². The van der Waals surface area contributed by atoms with Gasteiger partial charge in [-0.3, -0.25) is 4.79 Å². The molecule has 170 valence electrons. The van der Waals surface area contributed by atoms with Gasteiger partial charge in [-0.25, -0.2) is 10.2 Å². The molecule has 33 heavy (non-hydrogen) atoms. The molecule has 0 aliphatic carbocycles. The van der Waals surface area contributed by atoms with Gasteiger partial charge in [-0.1, -0.05) is 34.8 Å². The maximum absolute atomic E-state index is 12.3. The van der Waals surface area contributed by atoms with Crippen molar-refractivity contribution in [3.8, 4) is 17.2 Å². The van der Waals surface area contributed by atoms with Crippen LogP contribution in [-0.4, -0.2) is 31.8 Å². The van der Waals surface area contributed by atoms with Gasteiger partial charge in [0.25, 0.3) is 5.91 Å². The Morgan fingerprint density at radius 1 is 0.909 bits per heavy atom. The first-order valence-electron chi connectivity index (χ1n) is 9.41. The number of hydrogen-bond acceptors (Lipinski definition) is 6. The molecule has 0 atom stereocenters. The van der Waals surface area contributed by atoms with Gasteiger partial charge < -0.3 is 14.2 Å². The number of carbonyl (C=O) groups is 2. The molecule has 0 aliphatic rings. The van der Waals surface area contributed by atoms with Gasteiger partial charge in [0.2, 0.25) is 0 Å². The molecule has 7 nitrogen and oxygen atoms in total. The zero-order valence-electron chi connectivity index (χ0n) is 17.2. The summed E-state index contributed by atoms with van der Waals surface area (Å²) in [6.07, 6.45) is 1.40. The smallest absolute Gasteiger partial charge is 0.343 e. The van der Waals surface area contributed by atoms with E-state index in [1.54, 1.807) is 54.6 Å². The van der Waals surface area contributed by atoms with E-state index in [1.807, 2.05) is 0 Å². The number of esters is 1. The van der Waals surface area contributed by atoms with Crippen molar-refractivity contribution < 1.29 is 23.8 Å². The predicted octanol–water partition coefficient (Wildman–Crippen LogP) is 5.40. The largest absolute Gasteiger partial charge is 0.493 e. The molecule has 0 aromatic heterocycles. The number of hydrazone groups is 1. The average Bonchev–Trinajstić information content (AvgIpc) is 2.79. The monoisotopic (exact) mass is 506 g/mol. The minimum Gasteiger partial charge on any atom is -0.493 e. The van der Waals surface area contributed by atoms with Gasteiger partial charge in [0.05, 0.1) is 23.9 Å². The molecule has 0 saturated heterocycles. The highest BCUT2D eigenvalue weighted by Gasteiger charge is 2.13. The maximum atomic E-state index is 12.3. The summed E-state index contributed by atoms with van der Waals surface area (Å²) in [5.41, 5.74) is 3.28. The lowest BCUT2D eigenvalue weighted by Crippen LogP contribution is -2.24. The van der Waals surface area contributed by atoms with Crippen LogP contribution in [-0.2, 0) is 4.79 Å². The first-order valence-corrected chi connectivity index (χ1v) is 10.5. The van der Waals surface area contributed by atoms with Gasteiger partial charge >= 0.3 is 5.97 Å². The van der Waals surface area contributed by atoms with Crippen LogP contribution in [0, 0.1) is 0 Å². The van der Waals surface area contributed by atoms with Crippen LogP contribution in [0.25, 0.3) is 0 Å². The second kappa shape index (κ2) is 11.6. The zero-order valence-corrected chi connectivity index (χ0v) is 19.4. The van der Waals surface area contributed by atoms with Crippen LogP contribution >= 0.6 is 34.8 Å². The van der Waals surface area contributed by atoms with E-state index in [2.05, 4.69) is 10.5 Å². The molecule has 10 heteroatoms. The molecular formula is C23H17Cl3N2O5. The molecular weight excluding hydrogens is 491 g/mol. The number of rotatable bonds is 8. The highest BCUT2D eigenvalue weighted by atomic mass is 35.5. The molecule has 3 aromatic rings. The van der Waals surface area contributed by atoms with Crippen molar-refractivity contribution >= 4 is 52.9 Å². The second-order valence-corrected chi connectivity index (χ2v) is 7.74. The van der Waals surface area contributed by atoms with Crippen LogP contribution in [0.3, 0.4) is 0 Å². The van der Waals surface area contributed by atoms with Gasteiger partial charge in [-0.05, 0) is 66.2 Å². The molecule has 3 aromatic carbocycles. The molecule has 0 spiro atoms. The third-order valence-electron chi connectivity index (χ3n) is 4.13. The molecule has 0 bridgehead atoms. The Labute approximate surface area is 204 Å². The molecule has 0 heterocycles. The number of nitrogens with one attached hydrogen (secondary N) is 1. The third kappa shape index (κ3) is 7.12. The SMILES string of the molecule is COc1cc(C=NNC(=O)COc2ccc(Cl)cc2Cl)ccc1OC(=O)c1ccc(Cl)cc1. The summed E-state index contributed by atoms with van der Waals surface area (Å²) in [6.45, 7) is -0.290. The van der Waals surface area contributed by atoms with E-state index in [-0.39, 0.29) is 12.4 Å². The van der Waals surface area contributed by atoms with Gasteiger partial charge in [0, 0.05) is 10.0 Å². The Kier molecular flexibility index (Phi) is 8.54. The average molecular weight is 508 g/mol. The third-order valence-corrected chi connectivity index (χ3v) is 4.91. The molecule has 0 unspecified atom stereocenters. The summed E-state index contributed by atoms with van der Waals surface area (Å²) in [5, 5.41) is 5.15. The predicted molar refractivity (Wildman–Crippen MR) is 127 cm³/mol. The van der Waals surface area contributed by atoms with Crippen LogP contribution < -0.4 is 19.6 Å². The summed E-state index contributed by atoms with van der Waals surface area (Å²) in [7, 11) is 1.44. The van der Waals surface area contributed by atoms with Crippen molar-refractivity contribution in [2.24, 2.45) is 5.10 Å². The van der Waals surface area contributed by atoms with Gasteiger partial charge in [0.1, 0.15) is 5.75 Å². The van der Waals surface area contributed by atoms with Crippen molar-refractivity contribution in [3.05, 3.63) is 86.9 Å². The summed E-state index contributed by atoms with van der Waals surface area (Å²) in [5.74, 6) is -0.175. The Bertz CT molecular complexity index is 1180. The van der Waals surface area contributed by atoms with Crippen LogP contribution in [0.5, 0.6) is 17.2 Å². The number of hydrogen-bond donors (Lipinski definition) is 1. The summed E-state index contributed by atoms with van der Waals surface area (Å²) in [4.78, 5) is 24.2. The minimum absolute atomic E-state index is 0.229. The van der Waals surface area contributed by atoms with Gasteiger partial charge in [-0.15, -0.1) is 0 Å². The lowest BCUT2D eigenvalue weighted by Gasteiger charge is -2.10. The highest BCUT2D eigenvalue weighted by Crippen LogP contribution is 2.29. The summed E-state index contributed by atoms with van der Waals surface area (Å²) < 4.78 is 16.0. The summed E-state index contributed by atoms with van der Waals surface area (Å²) in [6, 6.07) is 15.8. The maximum Gasteiger partial charge on any atom is 0.343 e. The Morgan fingerprint density at radius 2 is 1.61 bits per heavy atom. The van der Waals surface area contributed by atoms with Crippen LogP contribution in [0.2, 0.25) is 15.1 Å². The number of ether oxygens (including phenoxy) is 3. The van der Waals surface area contributed by atoms with E-state index in [4.69, 9.17) is 49.0 Å². The van der Waals surface area contributed by atoms with E-state index < -0.39 is 11.9 Å². The van der Waals surface area contributed by atoms with Crippen LogP contribution in [0.4, 0.5) is 0 Å².